The van der Waals surface area contributed by atoms with Gasteiger partial charge in [-0.2, -0.15) is 0 Å². The van der Waals surface area contributed by atoms with Gasteiger partial charge in [0.25, 0.3) is 0 Å². The minimum Gasteiger partial charge on any atom is -0.373 e. The zero-order valence-electron chi connectivity index (χ0n) is 11.0. The van der Waals surface area contributed by atoms with E-state index < -0.39 is 0 Å². The molecule has 0 radical (unpaired) electrons. The first-order chi connectivity index (χ1) is 7.08. The van der Waals surface area contributed by atoms with E-state index in [2.05, 4.69) is 39.5 Å². The molecule has 1 saturated heterocycles. The van der Waals surface area contributed by atoms with Gasteiger partial charge in [0.05, 0.1) is 12.2 Å². The molecule has 2 heteroatoms. The highest BCUT2D eigenvalue weighted by atomic mass is 16.5. The first-order valence-electron chi connectivity index (χ1n) is 6.47. The minimum atomic E-state index is 0.394. The van der Waals surface area contributed by atoms with E-state index in [0.717, 1.165) is 19.0 Å². The zero-order chi connectivity index (χ0) is 11.4. The first kappa shape index (κ1) is 13.0. The summed E-state index contributed by atoms with van der Waals surface area (Å²) in [6.45, 7) is 13.5. The summed E-state index contributed by atoms with van der Waals surface area (Å²) in [5, 5.41) is 0. The second-order valence-corrected chi connectivity index (χ2v) is 5.03. The highest BCUT2D eigenvalue weighted by Crippen LogP contribution is 2.22. The van der Waals surface area contributed by atoms with Crippen LogP contribution in [0.15, 0.2) is 0 Å². The van der Waals surface area contributed by atoms with Crippen LogP contribution in [0.4, 0.5) is 0 Å². The molecule has 0 aliphatic carbocycles. The first-order valence-corrected chi connectivity index (χ1v) is 6.47. The maximum Gasteiger partial charge on any atom is 0.0678 e. The third kappa shape index (κ3) is 3.46. The van der Waals surface area contributed by atoms with Gasteiger partial charge in [-0.3, -0.25) is 4.90 Å². The summed E-state index contributed by atoms with van der Waals surface area (Å²) in [4.78, 5) is 2.61. The Kier molecular flexibility index (Phi) is 5.07. The minimum absolute atomic E-state index is 0.394. The highest BCUT2D eigenvalue weighted by Gasteiger charge is 2.28. The summed E-state index contributed by atoms with van der Waals surface area (Å²) in [5.41, 5.74) is 0. The molecule has 1 aliphatic rings. The molecule has 15 heavy (non-hydrogen) atoms. The lowest BCUT2D eigenvalue weighted by atomic mass is 9.93. The van der Waals surface area contributed by atoms with Crippen LogP contribution in [0.2, 0.25) is 0 Å². The molecule has 2 nitrogen and oxygen atoms in total. The number of ether oxygens (including phenoxy) is 1. The van der Waals surface area contributed by atoms with Crippen LogP contribution in [0.25, 0.3) is 0 Å². The molecule has 0 bridgehead atoms. The lowest BCUT2D eigenvalue weighted by molar-refractivity contribution is -0.0850. The largest absolute Gasteiger partial charge is 0.373 e. The van der Waals surface area contributed by atoms with Crippen molar-refractivity contribution in [3.63, 3.8) is 0 Å². The highest BCUT2D eigenvalue weighted by molar-refractivity contribution is 4.80. The standard InChI is InChI=1S/C13H27NO/c1-6-13(7-2)12(5)14-8-10(3)15-11(4)9-14/h10-13H,6-9H2,1-5H3/t10-,11+,12?. The molecule has 1 heterocycles. The van der Waals surface area contributed by atoms with Gasteiger partial charge in [-0.05, 0) is 26.7 Å². The van der Waals surface area contributed by atoms with E-state index in [9.17, 15) is 0 Å². The molecule has 0 spiro atoms. The van der Waals surface area contributed by atoms with Crippen LogP contribution in [0.5, 0.6) is 0 Å². The molecule has 0 saturated carbocycles. The number of morpholine rings is 1. The molecular weight excluding hydrogens is 186 g/mol. The van der Waals surface area contributed by atoms with Gasteiger partial charge in [0.15, 0.2) is 0 Å². The fourth-order valence-corrected chi connectivity index (χ4v) is 2.82. The van der Waals surface area contributed by atoms with E-state index in [0.29, 0.717) is 18.2 Å². The topological polar surface area (TPSA) is 12.5 Å². The molecule has 0 N–H and O–H groups in total. The molecular formula is C13H27NO. The lowest BCUT2D eigenvalue weighted by Crippen LogP contribution is -2.51. The molecule has 90 valence electrons. The van der Waals surface area contributed by atoms with Crippen LogP contribution in [0, 0.1) is 5.92 Å². The van der Waals surface area contributed by atoms with Gasteiger partial charge in [-0.25, -0.2) is 0 Å². The molecule has 1 unspecified atom stereocenters. The summed E-state index contributed by atoms with van der Waals surface area (Å²) >= 11 is 0. The van der Waals surface area contributed by atoms with Crippen LogP contribution < -0.4 is 0 Å². The van der Waals surface area contributed by atoms with Gasteiger partial charge in [-0.15, -0.1) is 0 Å². The van der Waals surface area contributed by atoms with Crippen molar-refractivity contribution in [2.45, 2.75) is 65.7 Å². The molecule has 0 aromatic heterocycles. The Hall–Kier alpha value is -0.0800. The van der Waals surface area contributed by atoms with Crippen molar-refractivity contribution >= 4 is 0 Å². The van der Waals surface area contributed by atoms with E-state index in [1.165, 1.54) is 12.8 Å². The predicted molar refractivity (Wildman–Crippen MR) is 65.1 cm³/mol. The second kappa shape index (κ2) is 5.86. The molecule has 3 atom stereocenters. The molecule has 0 aromatic rings. The summed E-state index contributed by atoms with van der Waals surface area (Å²) in [7, 11) is 0. The van der Waals surface area contributed by atoms with Gasteiger partial charge in [0.1, 0.15) is 0 Å². The SMILES string of the molecule is CCC(CC)C(C)N1C[C@@H](C)O[C@@H](C)C1. The maximum absolute atomic E-state index is 5.77. The molecule has 1 fully saturated rings. The fraction of sp³-hybridized carbons (Fsp3) is 1.00. The predicted octanol–water partition coefficient (Wildman–Crippen LogP) is 2.92. The van der Waals surface area contributed by atoms with Crippen molar-refractivity contribution in [1.29, 1.82) is 0 Å². The van der Waals surface area contributed by atoms with E-state index in [4.69, 9.17) is 4.74 Å². The Labute approximate surface area is 95.0 Å². The average Bonchev–Trinajstić information content (AvgIpc) is 2.18. The third-order valence-corrected chi connectivity index (χ3v) is 3.75. The second-order valence-electron chi connectivity index (χ2n) is 5.03. The van der Waals surface area contributed by atoms with Gasteiger partial charge in [0.2, 0.25) is 0 Å². The van der Waals surface area contributed by atoms with Crippen molar-refractivity contribution in [1.82, 2.24) is 4.90 Å². The van der Waals surface area contributed by atoms with Crippen molar-refractivity contribution in [3.05, 3.63) is 0 Å². The van der Waals surface area contributed by atoms with Crippen LogP contribution in [0.1, 0.15) is 47.5 Å². The molecule has 0 aromatic carbocycles. The Morgan fingerprint density at radius 2 is 1.60 bits per heavy atom. The van der Waals surface area contributed by atoms with Crippen LogP contribution in [-0.4, -0.2) is 36.2 Å². The van der Waals surface area contributed by atoms with Crippen molar-refractivity contribution < 1.29 is 4.74 Å². The lowest BCUT2D eigenvalue weighted by Gasteiger charge is -2.41. The van der Waals surface area contributed by atoms with E-state index in [1.807, 2.05) is 0 Å². The van der Waals surface area contributed by atoms with E-state index in [-0.39, 0.29) is 0 Å². The summed E-state index contributed by atoms with van der Waals surface area (Å²) in [6.07, 6.45) is 3.37. The van der Waals surface area contributed by atoms with Gasteiger partial charge < -0.3 is 4.74 Å². The van der Waals surface area contributed by atoms with Crippen LogP contribution in [-0.2, 0) is 4.74 Å². The quantitative estimate of drug-likeness (QED) is 0.712. The van der Waals surface area contributed by atoms with Crippen LogP contribution >= 0.6 is 0 Å². The summed E-state index contributed by atoms with van der Waals surface area (Å²) in [6, 6.07) is 0.703. The molecule has 1 aliphatic heterocycles. The number of rotatable bonds is 4. The summed E-state index contributed by atoms with van der Waals surface area (Å²) in [5.74, 6) is 0.836. The molecule has 0 amide bonds. The Morgan fingerprint density at radius 1 is 1.13 bits per heavy atom. The normalized spacial score (nSPS) is 30.8. The summed E-state index contributed by atoms with van der Waals surface area (Å²) < 4.78 is 5.77. The Balaban J connectivity index is 2.53. The zero-order valence-corrected chi connectivity index (χ0v) is 11.0. The smallest absolute Gasteiger partial charge is 0.0678 e. The number of nitrogens with zero attached hydrogens (tertiary/aromatic N) is 1. The van der Waals surface area contributed by atoms with Crippen molar-refractivity contribution in [2.24, 2.45) is 5.92 Å². The third-order valence-electron chi connectivity index (χ3n) is 3.75. The number of hydrogen-bond donors (Lipinski definition) is 0. The van der Waals surface area contributed by atoms with Crippen molar-refractivity contribution in [2.75, 3.05) is 13.1 Å². The van der Waals surface area contributed by atoms with Gasteiger partial charge >= 0.3 is 0 Å². The van der Waals surface area contributed by atoms with E-state index >= 15 is 0 Å². The monoisotopic (exact) mass is 213 g/mol. The van der Waals surface area contributed by atoms with Gasteiger partial charge in [-0.1, -0.05) is 26.7 Å². The maximum atomic E-state index is 5.77. The van der Waals surface area contributed by atoms with Gasteiger partial charge in [0, 0.05) is 19.1 Å². The molecule has 1 rings (SSSR count). The Morgan fingerprint density at radius 3 is 2.00 bits per heavy atom. The fourth-order valence-electron chi connectivity index (χ4n) is 2.82. The van der Waals surface area contributed by atoms with Crippen molar-refractivity contribution in [3.8, 4) is 0 Å². The van der Waals surface area contributed by atoms with E-state index in [1.54, 1.807) is 0 Å². The Bertz CT molecular complexity index is 169. The average molecular weight is 213 g/mol. The van der Waals surface area contributed by atoms with Crippen LogP contribution in [0.3, 0.4) is 0 Å². The number of hydrogen-bond acceptors (Lipinski definition) is 2.